The molecular weight excluding hydrogens is 244 g/mol. The summed E-state index contributed by atoms with van der Waals surface area (Å²) in [4.78, 5) is 2.89. The molecule has 4 aliphatic rings. The van der Waals surface area contributed by atoms with E-state index in [1.54, 1.807) is 0 Å². The van der Waals surface area contributed by atoms with Gasteiger partial charge in [-0.05, 0) is 63.3 Å². The molecule has 2 nitrogen and oxygen atoms in total. The van der Waals surface area contributed by atoms with Crippen molar-refractivity contribution in [2.45, 2.75) is 88.8 Å². The van der Waals surface area contributed by atoms with Crippen LogP contribution in [0.4, 0.5) is 0 Å². The molecule has 0 bridgehead atoms. The van der Waals surface area contributed by atoms with Crippen LogP contribution in [0.15, 0.2) is 0 Å². The second-order valence-electron chi connectivity index (χ2n) is 8.00. The van der Waals surface area contributed by atoms with Crippen molar-refractivity contribution in [3.05, 3.63) is 0 Å². The molecule has 0 aromatic heterocycles. The average molecular weight is 276 g/mol. The topological polar surface area (TPSA) is 15.3 Å². The molecule has 5 unspecified atom stereocenters. The fraction of sp³-hybridized carbons (Fsp3) is 1.00. The smallest absolute Gasteiger partial charge is 0.0201 e. The molecule has 20 heavy (non-hydrogen) atoms. The first kappa shape index (κ1) is 13.6. The van der Waals surface area contributed by atoms with Crippen LogP contribution in [-0.2, 0) is 0 Å². The van der Waals surface area contributed by atoms with Crippen molar-refractivity contribution in [1.29, 1.82) is 0 Å². The maximum absolute atomic E-state index is 3.99. The van der Waals surface area contributed by atoms with Gasteiger partial charge in [0, 0.05) is 24.7 Å². The predicted molar refractivity (Wildman–Crippen MR) is 83.8 cm³/mol. The summed E-state index contributed by atoms with van der Waals surface area (Å²) in [6.07, 6.45) is 16.4. The Labute approximate surface area is 124 Å². The molecule has 0 spiro atoms. The normalized spacial score (nSPS) is 45.9. The monoisotopic (exact) mass is 276 g/mol. The molecule has 0 amide bonds. The Morgan fingerprint density at radius 2 is 1.55 bits per heavy atom. The third-order valence-electron chi connectivity index (χ3n) is 6.76. The molecule has 114 valence electrons. The van der Waals surface area contributed by atoms with Crippen LogP contribution in [0, 0.1) is 11.8 Å². The van der Waals surface area contributed by atoms with Crippen molar-refractivity contribution < 1.29 is 0 Å². The second kappa shape index (κ2) is 5.96. The molecule has 2 saturated heterocycles. The van der Waals surface area contributed by atoms with Gasteiger partial charge in [0.25, 0.3) is 0 Å². The summed E-state index contributed by atoms with van der Waals surface area (Å²) < 4.78 is 0. The van der Waals surface area contributed by atoms with E-state index >= 15 is 0 Å². The number of fused-ring (bicyclic) bond motifs is 2. The summed E-state index contributed by atoms with van der Waals surface area (Å²) in [5.74, 6) is 2.06. The molecule has 1 N–H and O–H groups in total. The summed E-state index contributed by atoms with van der Waals surface area (Å²) in [5.41, 5.74) is 0. The van der Waals surface area contributed by atoms with Crippen LogP contribution in [0.2, 0.25) is 0 Å². The number of hydrogen-bond acceptors (Lipinski definition) is 2. The highest BCUT2D eigenvalue weighted by Crippen LogP contribution is 2.37. The Morgan fingerprint density at radius 3 is 2.45 bits per heavy atom. The van der Waals surface area contributed by atoms with Crippen molar-refractivity contribution in [3.8, 4) is 0 Å². The minimum Gasteiger partial charge on any atom is -0.310 e. The summed E-state index contributed by atoms with van der Waals surface area (Å²) in [6.45, 7) is 2.74. The number of likely N-dealkylation sites (tertiary alicyclic amines) is 1. The highest BCUT2D eigenvalue weighted by Gasteiger charge is 2.38. The molecular formula is C18H32N2. The second-order valence-corrected chi connectivity index (χ2v) is 8.00. The van der Waals surface area contributed by atoms with Gasteiger partial charge in [0.2, 0.25) is 0 Å². The number of nitrogens with one attached hydrogen (secondary N) is 1. The molecule has 5 atom stereocenters. The Kier molecular flexibility index (Phi) is 4.05. The summed E-state index contributed by atoms with van der Waals surface area (Å²) in [5, 5.41) is 3.99. The van der Waals surface area contributed by atoms with Crippen LogP contribution in [0.3, 0.4) is 0 Å². The van der Waals surface area contributed by atoms with Crippen LogP contribution >= 0.6 is 0 Å². The van der Waals surface area contributed by atoms with Crippen LogP contribution in [-0.4, -0.2) is 36.1 Å². The highest BCUT2D eigenvalue weighted by atomic mass is 15.2. The summed E-state index contributed by atoms with van der Waals surface area (Å²) in [7, 11) is 0. The minimum atomic E-state index is 0.809. The predicted octanol–water partition coefficient (Wildman–Crippen LogP) is 3.56. The van der Waals surface area contributed by atoms with Crippen molar-refractivity contribution in [1.82, 2.24) is 10.2 Å². The van der Waals surface area contributed by atoms with Crippen LogP contribution < -0.4 is 5.32 Å². The van der Waals surface area contributed by atoms with Crippen molar-refractivity contribution in [2.24, 2.45) is 11.8 Å². The zero-order chi connectivity index (χ0) is 13.4. The maximum atomic E-state index is 3.99. The van der Waals surface area contributed by atoms with Gasteiger partial charge >= 0.3 is 0 Å². The summed E-state index contributed by atoms with van der Waals surface area (Å²) >= 11 is 0. The maximum Gasteiger partial charge on any atom is 0.0201 e. The molecule has 2 saturated carbocycles. The van der Waals surface area contributed by atoms with Gasteiger partial charge in [-0.25, -0.2) is 0 Å². The van der Waals surface area contributed by atoms with E-state index < -0.39 is 0 Å². The van der Waals surface area contributed by atoms with Crippen LogP contribution in [0.1, 0.15) is 70.6 Å². The van der Waals surface area contributed by atoms with Gasteiger partial charge in [-0.15, -0.1) is 0 Å². The molecule has 2 aliphatic heterocycles. The molecule has 2 heterocycles. The zero-order valence-corrected chi connectivity index (χ0v) is 13.0. The van der Waals surface area contributed by atoms with Crippen molar-refractivity contribution >= 4 is 0 Å². The van der Waals surface area contributed by atoms with E-state index in [2.05, 4.69) is 10.2 Å². The first-order chi connectivity index (χ1) is 9.90. The van der Waals surface area contributed by atoms with E-state index in [4.69, 9.17) is 0 Å². The van der Waals surface area contributed by atoms with E-state index in [-0.39, 0.29) is 0 Å². The van der Waals surface area contributed by atoms with Gasteiger partial charge in [0.15, 0.2) is 0 Å². The van der Waals surface area contributed by atoms with E-state index in [1.165, 1.54) is 83.7 Å². The first-order valence-electron chi connectivity index (χ1n) is 9.40. The molecule has 2 aliphatic carbocycles. The van der Waals surface area contributed by atoms with E-state index in [0.717, 1.165) is 30.0 Å². The SMILES string of the molecule is C1CCC2NC(CN3CCCC4CCCCC43)CC2C1. The molecule has 4 rings (SSSR count). The van der Waals surface area contributed by atoms with Gasteiger partial charge in [0.1, 0.15) is 0 Å². The lowest BCUT2D eigenvalue weighted by Crippen LogP contribution is -2.51. The van der Waals surface area contributed by atoms with Crippen LogP contribution in [0.25, 0.3) is 0 Å². The lowest BCUT2D eigenvalue weighted by atomic mass is 9.78. The molecule has 0 aromatic rings. The Bertz CT molecular complexity index is 313. The third-order valence-corrected chi connectivity index (χ3v) is 6.76. The third kappa shape index (κ3) is 2.66. The standard InChI is InChI=1S/C18H32N2/c1-3-9-17-15(7-1)12-16(19-17)13-20-11-5-8-14-6-2-4-10-18(14)20/h14-19H,1-13H2. The molecule has 4 fully saturated rings. The Morgan fingerprint density at radius 1 is 0.800 bits per heavy atom. The largest absolute Gasteiger partial charge is 0.310 e. The fourth-order valence-corrected chi connectivity index (χ4v) is 5.81. The van der Waals surface area contributed by atoms with Gasteiger partial charge in [-0.1, -0.05) is 25.7 Å². The number of piperidine rings is 1. The molecule has 0 aromatic carbocycles. The lowest BCUT2D eigenvalue weighted by Gasteiger charge is -2.45. The Hall–Kier alpha value is -0.0800. The van der Waals surface area contributed by atoms with Gasteiger partial charge in [0.05, 0.1) is 0 Å². The summed E-state index contributed by atoms with van der Waals surface area (Å²) in [6, 6.07) is 2.63. The molecule has 0 radical (unpaired) electrons. The number of hydrogen-bond donors (Lipinski definition) is 1. The van der Waals surface area contributed by atoms with Crippen molar-refractivity contribution in [3.63, 3.8) is 0 Å². The molecule has 2 heteroatoms. The van der Waals surface area contributed by atoms with E-state index in [1.807, 2.05) is 0 Å². The quantitative estimate of drug-likeness (QED) is 0.829. The van der Waals surface area contributed by atoms with Gasteiger partial charge in [-0.3, -0.25) is 4.90 Å². The number of rotatable bonds is 2. The Balaban J connectivity index is 1.36. The lowest BCUT2D eigenvalue weighted by molar-refractivity contribution is 0.0541. The minimum absolute atomic E-state index is 0.809. The van der Waals surface area contributed by atoms with Crippen LogP contribution in [0.5, 0.6) is 0 Å². The number of nitrogens with zero attached hydrogens (tertiary/aromatic N) is 1. The van der Waals surface area contributed by atoms with Gasteiger partial charge in [-0.2, -0.15) is 0 Å². The zero-order valence-electron chi connectivity index (χ0n) is 13.0. The fourth-order valence-electron chi connectivity index (χ4n) is 5.81. The highest BCUT2D eigenvalue weighted by molar-refractivity contribution is 4.96. The van der Waals surface area contributed by atoms with E-state index in [0.29, 0.717) is 0 Å². The van der Waals surface area contributed by atoms with E-state index in [9.17, 15) is 0 Å². The van der Waals surface area contributed by atoms with Gasteiger partial charge < -0.3 is 5.32 Å². The van der Waals surface area contributed by atoms with Crippen molar-refractivity contribution in [2.75, 3.05) is 13.1 Å². The first-order valence-corrected chi connectivity index (χ1v) is 9.40. The average Bonchev–Trinajstić information content (AvgIpc) is 2.90.